The third-order valence-corrected chi connectivity index (χ3v) is 6.67. The van der Waals surface area contributed by atoms with Crippen LogP contribution in [0.5, 0.6) is 23.0 Å². The third-order valence-electron chi connectivity index (χ3n) is 6.39. The summed E-state index contributed by atoms with van der Waals surface area (Å²) < 4.78 is 22.7. The Morgan fingerprint density at radius 3 is 2.43 bits per heavy atom. The summed E-state index contributed by atoms with van der Waals surface area (Å²) in [5.41, 5.74) is 7.09. The molecule has 4 rings (SSSR count). The molecule has 0 aromatic heterocycles. The number of nitrogens with one attached hydrogen (secondary N) is 2. The number of benzene rings is 4. The smallest absolute Gasteiger partial charge is 0.271 e. The molecule has 0 unspecified atom stereocenters. The number of hydrogen-bond acceptors (Lipinski definition) is 7. The molecule has 0 fully saturated rings. The molecule has 0 atom stereocenters. The van der Waals surface area contributed by atoms with Crippen molar-refractivity contribution < 1.29 is 28.5 Å². The first kappa shape index (κ1) is 31.9. The number of nitrogens with zero attached hydrogens (tertiary/aromatic N) is 1. The van der Waals surface area contributed by atoms with Gasteiger partial charge in [0, 0.05) is 11.3 Å². The first-order valence-electron chi connectivity index (χ1n) is 13.9. The summed E-state index contributed by atoms with van der Waals surface area (Å²) in [4.78, 5) is 25.3. The third kappa shape index (κ3) is 8.75. The van der Waals surface area contributed by atoms with Gasteiger partial charge in [-0.1, -0.05) is 54.1 Å². The molecule has 0 aliphatic heterocycles. The number of amides is 2. The molecule has 2 amide bonds. The van der Waals surface area contributed by atoms with Gasteiger partial charge in [0.25, 0.3) is 11.8 Å². The van der Waals surface area contributed by atoms with Crippen molar-refractivity contribution in [2.24, 2.45) is 5.10 Å². The van der Waals surface area contributed by atoms with E-state index in [-0.39, 0.29) is 23.3 Å². The van der Waals surface area contributed by atoms with E-state index in [9.17, 15) is 9.59 Å². The molecular weight excluding hydrogens is 582 g/mol. The zero-order valence-electron chi connectivity index (χ0n) is 25.0. The van der Waals surface area contributed by atoms with Crippen LogP contribution in [0.25, 0.3) is 0 Å². The average molecular weight is 616 g/mol. The molecule has 2 N–H and O–H groups in total. The van der Waals surface area contributed by atoms with Gasteiger partial charge in [-0.25, -0.2) is 5.43 Å². The molecule has 44 heavy (non-hydrogen) atoms. The van der Waals surface area contributed by atoms with Gasteiger partial charge < -0.3 is 24.3 Å². The van der Waals surface area contributed by atoms with E-state index in [4.69, 9.17) is 30.5 Å². The van der Waals surface area contributed by atoms with Gasteiger partial charge in [-0.2, -0.15) is 5.10 Å². The Morgan fingerprint density at radius 1 is 0.886 bits per heavy atom. The van der Waals surface area contributed by atoms with Crippen LogP contribution in [-0.2, 0) is 11.4 Å². The van der Waals surface area contributed by atoms with Crippen molar-refractivity contribution >= 4 is 35.3 Å². The number of rotatable bonds is 13. The molecule has 10 heteroatoms. The van der Waals surface area contributed by atoms with Crippen LogP contribution >= 0.6 is 11.6 Å². The van der Waals surface area contributed by atoms with Gasteiger partial charge in [-0.15, -0.1) is 0 Å². The Morgan fingerprint density at radius 2 is 1.68 bits per heavy atom. The molecule has 4 aromatic rings. The Kier molecular flexibility index (Phi) is 11.2. The van der Waals surface area contributed by atoms with E-state index < -0.39 is 5.91 Å². The van der Waals surface area contributed by atoms with Crippen LogP contribution in [0.3, 0.4) is 0 Å². The van der Waals surface area contributed by atoms with Crippen LogP contribution in [-0.4, -0.2) is 38.4 Å². The molecule has 0 spiro atoms. The topological polar surface area (TPSA) is 107 Å². The maximum absolute atomic E-state index is 12.8. The summed E-state index contributed by atoms with van der Waals surface area (Å²) in [6, 6.07) is 23.7. The lowest BCUT2D eigenvalue weighted by atomic mass is 10.1. The predicted molar refractivity (Wildman–Crippen MR) is 171 cm³/mol. The zero-order valence-corrected chi connectivity index (χ0v) is 25.7. The van der Waals surface area contributed by atoms with E-state index >= 15 is 0 Å². The molecule has 0 heterocycles. The van der Waals surface area contributed by atoms with Gasteiger partial charge in [0.2, 0.25) is 0 Å². The highest BCUT2D eigenvalue weighted by atomic mass is 35.5. The summed E-state index contributed by atoms with van der Waals surface area (Å²) in [5.74, 6) is 0.720. The number of halogens is 1. The monoisotopic (exact) mass is 615 g/mol. The number of anilines is 1. The van der Waals surface area contributed by atoms with E-state index in [0.29, 0.717) is 47.3 Å². The van der Waals surface area contributed by atoms with E-state index in [2.05, 4.69) is 15.8 Å². The van der Waals surface area contributed by atoms with Gasteiger partial charge in [0.15, 0.2) is 29.6 Å². The van der Waals surface area contributed by atoms with Gasteiger partial charge in [-0.3, -0.25) is 9.59 Å². The van der Waals surface area contributed by atoms with Crippen molar-refractivity contribution in [2.75, 3.05) is 25.6 Å². The maximum atomic E-state index is 12.8. The van der Waals surface area contributed by atoms with Crippen molar-refractivity contribution in [2.45, 2.75) is 27.4 Å². The zero-order chi connectivity index (χ0) is 31.5. The summed E-state index contributed by atoms with van der Waals surface area (Å²) >= 11 is 6.46. The predicted octanol–water partition coefficient (Wildman–Crippen LogP) is 6.72. The Balaban J connectivity index is 1.37. The normalized spacial score (nSPS) is 10.8. The van der Waals surface area contributed by atoms with E-state index in [1.165, 1.54) is 13.3 Å². The first-order chi connectivity index (χ1) is 21.3. The lowest BCUT2D eigenvalue weighted by Gasteiger charge is -2.14. The second kappa shape index (κ2) is 15.5. The van der Waals surface area contributed by atoms with Crippen molar-refractivity contribution in [3.05, 3.63) is 112 Å². The SMILES string of the molecule is CCOc1cc(C(=O)N/N=C/c2cc(Cl)c(OCC(=O)Nc3cc(C)ccc3C)c(OC)c2)ccc1OCc1ccccc1. The molecule has 0 aliphatic rings. The van der Waals surface area contributed by atoms with Crippen LogP contribution in [0, 0.1) is 13.8 Å². The minimum atomic E-state index is -0.440. The van der Waals surface area contributed by atoms with Crippen molar-refractivity contribution in [1.29, 1.82) is 0 Å². The van der Waals surface area contributed by atoms with Gasteiger partial charge in [-0.05, 0) is 79.4 Å². The highest BCUT2D eigenvalue weighted by molar-refractivity contribution is 6.32. The standard InChI is InChI=1S/C34H34ClN3O6/c1-5-42-30-18-26(13-14-29(30)43-20-24-9-7-6-8-10-24)34(40)38-36-19-25-16-27(35)33(31(17-25)41-4)44-21-32(39)37-28-15-22(2)11-12-23(28)3/h6-19H,5,20-21H2,1-4H3,(H,37,39)(H,38,40)/b36-19+. The van der Waals surface area contributed by atoms with Gasteiger partial charge in [0.1, 0.15) is 6.61 Å². The first-order valence-corrected chi connectivity index (χ1v) is 14.3. The maximum Gasteiger partial charge on any atom is 0.271 e. The van der Waals surface area contributed by atoms with Crippen LogP contribution in [0.15, 0.2) is 84.0 Å². The van der Waals surface area contributed by atoms with Crippen molar-refractivity contribution in [3.8, 4) is 23.0 Å². The number of carbonyl (C=O) groups excluding carboxylic acids is 2. The van der Waals surface area contributed by atoms with Gasteiger partial charge in [0.05, 0.1) is 25.0 Å². The van der Waals surface area contributed by atoms with Crippen LogP contribution < -0.4 is 29.7 Å². The fourth-order valence-corrected chi connectivity index (χ4v) is 4.42. The fraction of sp³-hybridized carbons (Fsp3) is 0.206. The second-order valence-corrected chi connectivity index (χ2v) is 10.2. The average Bonchev–Trinajstić information content (AvgIpc) is 3.02. The molecule has 0 saturated heterocycles. The van der Waals surface area contributed by atoms with Crippen molar-refractivity contribution in [3.63, 3.8) is 0 Å². The van der Waals surface area contributed by atoms with Crippen LogP contribution in [0.2, 0.25) is 5.02 Å². The van der Waals surface area contributed by atoms with Crippen LogP contribution in [0.1, 0.15) is 39.5 Å². The summed E-state index contributed by atoms with van der Waals surface area (Å²) in [5, 5.41) is 7.11. The molecule has 0 aliphatic carbocycles. The minimum Gasteiger partial charge on any atom is -0.493 e. The largest absolute Gasteiger partial charge is 0.493 e. The highest BCUT2D eigenvalue weighted by Crippen LogP contribution is 2.36. The lowest BCUT2D eigenvalue weighted by Crippen LogP contribution is -2.21. The Hall–Kier alpha value is -5.02. The molecule has 4 aromatic carbocycles. The molecule has 9 nitrogen and oxygen atoms in total. The molecule has 0 saturated carbocycles. The van der Waals surface area contributed by atoms with E-state index in [0.717, 1.165) is 16.7 Å². The molecular formula is C34H34ClN3O6. The second-order valence-electron chi connectivity index (χ2n) is 9.76. The molecule has 228 valence electrons. The number of hydrazone groups is 1. The highest BCUT2D eigenvalue weighted by Gasteiger charge is 2.15. The Bertz CT molecular complexity index is 1640. The minimum absolute atomic E-state index is 0.212. The fourth-order valence-electron chi connectivity index (χ4n) is 4.15. The van der Waals surface area contributed by atoms with Gasteiger partial charge >= 0.3 is 0 Å². The number of hydrogen-bond donors (Lipinski definition) is 2. The number of methoxy groups -OCH3 is 1. The quantitative estimate of drug-likeness (QED) is 0.128. The summed E-state index contributed by atoms with van der Waals surface area (Å²) in [6.45, 7) is 6.22. The Labute approximate surface area is 261 Å². The molecule has 0 bridgehead atoms. The lowest BCUT2D eigenvalue weighted by molar-refractivity contribution is -0.118. The van der Waals surface area contributed by atoms with Crippen molar-refractivity contribution in [1.82, 2.24) is 5.43 Å². The number of ether oxygens (including phenoxy) is 4. The van der Waals surface area contributed by atoms with Crippen LogP contribution in [0.4, 0.5) is 5.69 Å². The van der Waals surface area contributed by atoms with E-state index in [1.54, 1.807) is 30.3 Å². The van der Waals surface area contributed by atoms with E-state index in [1.807, 2.05) is 69.3 Å². The summed E-state index contributed by atoms with van der Waals surface area (Å²) in [7, 11) is 1.46. The number of carbonyl (C=O) groups is 2. The molecule has 0 radical (unpaired) electrons. The number of aryl methyl sites for hydroxylation is 2. The summed E-state index contributed by atoms with van der Waals surface area (Å²) in [6.07, 6.45) is 1.42.